The van der Waals surface area contributed by atoms with Crippen molar-refractivity contribution in [2.24, 2.45) is 0 Å². The van der Waals surface area contributed by atoms with Crippen LogP contribution in [0, 0.1) is 6.92 Å². The van der Waals surface area contributed by atoms with E-state index in [4.69, 9.17) is 5.73 Å². The van der Waals surface area contributed by atoms with Gasteiger partial charge in [-0.1, -0.05) is 0 Å². The van der Waals surface area contributed by atoms with Gasteiger partial charge in [0.1, 0.15) is 17.3 Å². The second-order valence-electron chi connectivity index (χ2n) is 4.11. The molecule has 0 unspecified atom stereocenters. The summed E-state index contributed by atoms with van der Waals surface area (Å²) in [5.74, 6) is -0.536. The number of alkyl halides is 3. The Morgan fingerprint density at radius 1 is 1.15 bits per heavy atom. The van der Waals surface area contributed by atoms with Crippen LogP contribution >= 0.6 is 0 Å². The molecule has 2 aromatic rings. The normalized spacial score (nSPS) is 11.4. The van der Waals surface area contributed by atoms with Gasteiger partial charge in [0.15, 0.2) is 0 Å². The third-order valence-electron chi connectivity index (χ3n) is 2.56. The number of phenols is 1. The number of rotatable bonds is 2. The van der Waals surface area contributed by atoms with Gasteiger partial charge in [-0.3, -0.25) is 0 Å². The van der Waals surface area contributed by atoms with Gasteiger partial charge in [-0.05, 0) is 37.3 Å². The fourth-order valence-electron chi connectivity index (χ4n) is 1.73. The van der Waals surface area contributed by atoms with Gasteiger partial charge < -0.3 is 15.6 Å². The Morgan fingerprint density at radius 3 is 2.45 bits per heavy atom. The lowest BCUT2D eigenvalue weighted by atomic mass is 10.0. The number of nitrogens with zero attached hydrogens (tertiary/aromatic N) is 1. The predicted octanol–water partition coefficient (Wildman–Crippen LogP) is 3.24. The predicted molar refractivity (Wildman–Crippen MR) is 67.2 cm³/mol. The highest BCUT2D eigenvalue weighted by molar-refractivity contribution is 5.79. The lowest BCUT2D eigenvalue weighted by Gasteiger charge is -2.12. The van der Waals surface area contributed by atoms with Crippen LogP contribution in [0.5, 0.6) is 11.5 Å². The largest absolute Gasteiger partial charge is 0.573 e. The van der Waals surface area contributed by atoms with E-state index in [9.17, 15) is 18.3 Å². The van der Waals surface area contributed by atoms with Gasteiger partial charge in [0.05, 0.1) is 0 Å². The van der Waals surface area contributed by atoms with Crippen molar-refractivity contribution in [3.05, 3.63) is 36.0 Å². The number of anilines is 1. The summed E-state index contributed by atoms with van der Waals surface area (Å²) in [4.78, 5) is 4.00. The Kier molecular flexibility index (Phi) is 3.44. The summed E-state index contributed by atoms with van der Waals surface area (Å²) >= 11 is 0. The quantitative estimate of drug-likeness (QED) is 0.888. The van der Waals surface area contributed by atoms with E-state index >= 15 is 0 Å². The summed E-state index contributed by atoms with van der Waals surface area (Å²) in [6.45, 7) is 1.73. The van der Waals surface area contributed by atoms with Crippen molar-refractivity contribution in [1.29, 1.82) is 0 Å². The monoisotopic (exact) mass is 284 g/mol. The molecule has 0 aliphatic heterocycles. The van der Waals surface area contributed by atoms with Crippen LogP contribution in [0.15, 0.2) is 30.3 Å². The SMILES string of the molecule is Cc1ccc(-c2cc(OC(F)(F)F)ccc2O)c(N)n1. The number of ether oxygens (including phenoxy) is 1. The molecule has 0 saturated heterocycles. The summed E-state index contributed by atoms with van der Waals surface area (Å²) in [7, 11) is 0. The van der Waals surface area contributed by atoms with E-state index in [1.165, 1.54) is 0 Å². The molecule has 7 heteroatoms. The van der Waals surface area contributed by atoms with Crippen LogP contribution in [0.3, 0.4) is 0 Å². The minimum absolute atomic E-state index is 0.115. The van der Waals surface area contributed by atoms with Crippen molar-refractivity contribution in [1.82, 2.24) is 4.98 Å². The lowest BCUT2D eigenvalue weighted by Crippen LogP contribution is -2.17. The van der Waals surface area contributed by atoms with Crippen LogP contribution in [0.4, 0.5) is 19.0 Å². The first-order valence-corrected chi connectivity index (χ1v) is 5.58. The molecule has 2 rings (SSSR count). The molecule has 106 valence electrons. The maximum Gasteiger partial charge on any atom is 0.573 e. The molecular formula is C13H11F3N2O2. The molecule has 0 spiro atoms. The number of benzene rings is 1. The fourth-order valence-corrected chi connectivity index (χ4v) is 1.73. The molecule has 0 radical (unpaired) electrons. The number of nitrogens with two attached hydrogens (primary N) is 1. The van der Waals surface area contributed by atoms with Gasteiger partial charge in [-0.25, -0.2) is 4.98 Å². The summed E-state index contributed by atoms with van der Waals surface area (Å²) in [6.07, 6.45) is -4.80. The summed E-state index contributed by atoms with van der Waals surface area (Å²) in [6, 6.07) is 6.40. The van der Waals surface area contributed by atoms with Crippen molar-refractivity contribution in [2.45, 2.75) is 13.3 Å². The molecular weight excluding hydrogens is 273 g/mol. The van der Waals surface area contributed by atoms with Crippen molar-refractivity contribution in [3.63, 3.8) is 0 Å². The van der Waals surface area contributed by atoms with Crippen molar-refractivity contribution < 1.29 is 23.0 Å². The Labute approximate surface area is 112 Å². The highest BCUT2D eigenvalue weighted by Crippen LogP contribution is 2.36. The zero-order valence-corrected chi connectivity index (χ0v) is 10.4. The van der Waals surface area contributed by atoms with E-state index in [0.29, 0.717) is 11.3 Å². The molecule has 0 saturated carbocycles. The minimum Gasteiger partial charge on any atom is -0.507 e. The van der Waals surface area contributed by atoms with E-state index in [-0.39, 0.29) is 17.1 Å². The topological polar surface area (TPSA) is 68.4 Å². The number of halogens is 3. The summed E-state index contributed by atoms with van der Waals surface area (Å²) < 4.78 is 40.4. The van der Waals surface area contributed by atoms with Gasteiger partial charge >= 0.3 is 6.36 Å². The molecule has 4 nitrogen and oxygen atoms in total. The van der Waals surface area contributed by atoms with Crippen LogP contribution in [0.1, 0.15) is 5.69 Å². The number of aromatic nitrogens is 1. The molecule has 0 fully saturated rings. The maximum atomic E-state index is 12.2. The van der Waals surface area contributed by atoms with Gasteiger partial charge in [-0.2, -0.15) is 0 Å². The molecule has 0 atom stereocenters. The second-order valence-corrected chi connectivity index (χ2v) is 4.11. The zero-order valence-electron chi connectivity index (χ0n) is 10.4. The molecule has 20 heavy (non-hydrogen) atoms. The summed E-state index contributed by atoms with van der Waals surface area (Å²) in [5.41, 5.74) is 6.83. The van der Waals surface area contributed by atoms with Crippen LogP contribution < -0.4 is 10.5 Å². The molecule has 1 heterocycles. The number of phenolic OH excluding ortho intramolecular Hbond substituents is 1. The van der Waals surface area contributed by atoms with Gasteiger partial charge in [0.25, 0.3) is 0 Å². The molecule has 1 aromatic carbocycles. The van der Waals surface area contributed by atoms with Crippen molar-refractivity contribution in [3.8, 4) is 22.6 Å². The Morgan fingerprint density at radius 2 is 1.85 bits per heavy atom. The van der Waals surface area contributed by atoms with Gasteiger partial charge in [-0.15, -0.1) is 13.2 Å². The summed E-state index contributed by atoms with van der Waals surface area (Å²) in [5, 5.41) is 9.76. The van der Waals surface area contributed by atoms with Gasteiger partial charge in [0.2, 0.25) is 0 Å². The van der Waals surface area contributed by atoms with Crippen LogP contribution in [0.2, 0.25) is 0 Å². The highest BCUT2D eigenvalue weighted by atomic mass is 19.4. The first-order chi connectivity index (χ1) is 9.26. The number of pyridine rings is 1. The van der Waals surface area contributed by atoms with E-state index in [2.05, 4.69) is 9.72 Å². The molecule has 3 N–H and O–H groups in total. The van der Waals surface area contributed by atoms with Crippen LogP contribution in [-0.2, 0) is 0 Å². The Hall–Kier alpha value is -2.44. The number of aromatic hydroxyl groups is 1. The molecule has 0 aliphatic rings. The smallest absolute Gasteiger partial charge is 0.507 e. The number of nitrogen functional groups attached to an aromatic ring is 1. The van der Waals surface area contributed by atoms with Gasteiger partial charge in [0, 0.05) is 16.8 Å². The molecule has 0 aliphatic carbocycles. The number of hydrogen-bond acceptors (Lipinski definition) is 4. The second kappa shape index (κ2) is 4.92. The van der Waals surface area contributed by atoms with Crippen LogP contribution in [0.25, 0.3) is 11.1 Å². The maximum absolute atomic E-state index is 12.2. The van der Waals surface area contributed by atoms with E-state index < -0.39 is 12.1 Å². The minimum atomic E-state index is -4.80. The molecule has 0 amide bonds. The first kappa shape index (κ1) is 14.0. The third kappa shape index (κ3) is 3.11. The number of hydrogen-bond donors (Lipinski definition) is 2. The Balaban J connectivity index is 2.48. The fraction of sp³-hybridized carbons (Fsp3) is 0.154. The average Bonchev–Trinajstić information content (AvgIpc) is 2.30. The van der Waals surface area contributed by atoms with E-state index in [1.807, 2.05) is 0 Å². The lowest BCUT2D eigenvalue weighted by molar-refractivity contribution is -0.274. The van der Waals surface area contributed by atoms with Crippen molar-refractivity contribution in [2.75, 3.05) is 5.73 Å². The number of aryl methyl sites for hydroxylation is 1. The van der Waals surface area contributed by atoms with E-state index in [0.717, 1.165) is 18.2 Å². The first-order valence-electron chi connectivity index (χ1n) is 5.58. The third-order valence-corrected chi connectivity index (χ3v) is 2.56. The average molecular weight is 284 g/mol. The zero-order chi connectivity index (χ0) is 14.9. The molecule has 0 bridgehead atoms. The van der Waals surface area contributed by atoms with E-state index in [1.54, 1.807) is 19.1 Å². The van der Waals surface area contributed by atoms with Crippen molar-refractivity contribution >= 4 is 5.82 Å². The standard InChI is InChI=1S/C13H11F3N2O2/c1-7-2-4-9(12(17)18-7)10-6-8(3-5-11(10)19)20-13(14,15)16/h2-6,19H,1H3,(H2,17,18). The molecule has 1 aromatic heterocycles. The highest BCUT2D eigenvalue weighted by Gasteiger charge is 2.31. The Bertz CT molecular complexity index is 642. The van der Waals surface area contributed by atoms with Crippen LogP contribution in [-0.4, -0.2) is 16.5 Å².